The van der Waals surface area contributed by atoms with Crippen molar-refractivity contribution < 1.29 is 15.0 Å². The highest BCUT2D eigenvalue weighted by atomic mass is 16.4. The topological polar surface area (TPSA) is 95.3 Å². The summed E-state index contributed by atoms with van der Waals surface area (Å²) in [5.41, 5.74) is 0.280. The van der Waals surface area contributed by atoms with E-state index in [-0.39, 0.29) is 30.2 Å². The van der Waals surface area contributed by atoms with E-state index in [1.54, 1.807) is 0 Å². The van der Waals surface area contributed by atoms with Gasteiger partial charge in [-0.15, -0.1) is 0 Å². The van der Waals surface area contributed by atoms with Gasteiger partial charge in [-0.05, 0) is 5.92 Å². The van der Waals surface area contributed by atoms with Crippen molar-refractivity contribution in [3.63, 3.8) is 0 Å². The average Bonchev–Trinajstić information content (AvgIpc) is 2.35. The highest BCUT2D eigenvalue weighted by molar-refractivity contribution is 5.91. The van der Waals surface area contributed by atoms with E-state index in [1.807, 2.05) is 27.7 Å². The molecule has 3 N–H and O–H groups in total. The summed E-state index contributed by atoms with van der Waals surface area (Å²) in [4.78, 5) is 19.5. The molecule has 0 aliphatic heterocycles. The molecule has 0 amide bonds. The molecule has 6 heteroatoms. The van der Waals surface area contributed by atoms with Gasteiger partial charge < -0.3 is 15.5 Å². The molecule has 0 unspecified atom stereocenters. The van der Waals surface area contributed by atoms with Crippen molar-refractivity contribution in [3.8, 4) is 0 Å². The molecule has 106 valence electrons. The average molecular weight is 267 g/mol. The summed E-state index contributed by atoms with van der Waals surface area (Å²) in [6.45, 7) is 7.61. The van der Waals surface area contributed by atoms with E-state index in [1.165, 1.54) is 6.20 Å². The number of aliphatic hydroxyl groups excluding tert-OH is 1. The monoisotopic (exact) mass is 267 g/mol. The molecule has 0 aliphatic carbocycles. The second-order valence-corrected chi connectivity index (χ2v) is 5.13. The zero-order valence-electron chi connectivity index (χ0n) is 11.7. The Bertz CT molecular complexity index is 447. The Morgan fingerprint density at radius 3 is 2.42 bits per heavy atom. The lowest BCUT2D eigenvalue weighted by molar-refractivity contribution is 0.0690. The highest BCUT2D eigenvalue weighted by Gasteiger charge is 2.19. The number of rotatable bonds is 6. The molecular formula is C13H21N3O3. The van der Waals surface area contributed by atoms with Crippen LogP contribution in [0.15, 0.2) is 6.20 Å². The maximum absolute atomic E-state index is 11.2. The van der Waals surface area contributed by atoms with Crippen molar-refractivity contribution >= 4 is 11.7 Å². The fourth-order valence-corrected chi connectivity index (χ4v) is 1.57. The van der Waals surface area contributed by atoms with E-state index in [4.69, 9.17) is 0 Å². The van der Waals surface area contributed by atoms with Crippen molar-refractivity contribution in [3.05, 3.63) is 17.7 Å². The van der Waals surface area contributed by atoms with Crippen LogP contribution in [0, 0.1) is 5.92 Å². The number of carboxylic acid groups (broad SMARTS) is 1. The van der Waals surface area contributed by atoms with E-state index >= 15 is 0 Å². The lowest BCUT2D eigenvalue weighted by Gasteiger charge is -2.22. The van der Waals surface area contributed by atoms with E-state index in [0.717, 1.165) is 0 Å². The van der Waals surface area contributed by atoms with E-state index in [0.29, 0.717) is 11.5 Å². The molecule has 1 rings (SSSR count). The molecular weight excluding hydrogens is 246 g/mol. The van der Waals surface area contributed by atoms with Gasteiger partial charge in [-0.1, -0.05) is 27.7 Å². The second kappa shape index (κ2) is 6.47. The van der Waals surface area contributed by atoms with Crippen LogP contribution in [0.1, 0.15) is 49.9 Å². The summed E-state index contributed by atoms with van der Waals surface area (Å²) in [6, 6.07) is -0.230. The maximum Gasteiger partial charge on any atom is 0.356 e. The molecule has 1 heterocycles. The summed E-state index contributed by atoms with van der Waals surface area (Å²) >= 11 is 0. The number of carboxylic acids is 1. The predicted octanol–water partition coefficient (Wildman–Crippen LogP) is 1.73. The van der Waals surface area contributed by atoms with Gasteiger partial charge in [-0.3, -0.25) is 0 Å². The van der Waals surface area contributed by atoms with Crippen molar-refractivity contribution in [1.82, 2.24) is 9.97 Å². The molecule has 6 nitrogen and oxygen atoms in total. The molecule has 19 heavy (non-hydrogen) atoms. The van der Waals surface area contributed by atoms with Crippen LogP contribution in [0.25, 0.3) is 0 Å². The van der Waals surface area contributed by atoms with Gasteiger partial charge in [0.15, 0.2) is 5.69 Å². The Morgan fingerprint density at radius 2 is 2.00 bits per heavy atom. The zero-order chi connectivity index (χ0) is 14.6. The van der Waals surface area contributed by atoms with Crippen LogP contribution in [0.2, 0.25) is 0 Å². The Labute approximate surface area is 112 Å². The number of nitrogens with zero attached hydrogens (tertiary/aromatic N) is 2. The lowest BCUT2D eigenvalue weighted by Crippen LogP contribution is -2.30. The van der Waals surface area contributed by atoms with Crippen molar-refractivity contribution in [1.29, 1.82) is 0 Å². The molecule has 0 aromatic carbocycles. The summed E-state index contributed by atoms with van der Waals surface area (Å²) in [7, 11) is 0. The van der Waals surface area contributed by atoms with E-state index in [2.05, 4.69) is 15.3 Å². The van der Waals surface area contributed by atoms with Crippen molar-refractivity contribution in [2.75, 3.05) is 11.9 Å². The van der Waals surface area contributed by atoms with Gasteiger partial charge in [0.1, 0.15) is 5.82 Å². The van der Waals surface area contributed by atoms with Gasteiger partial charge in [-0.2, -0.15) is 0 Å². The predicted molar refractivity (Wildman–Crippen MR) is 72.4 cm³/mol. The van der Waals surface area contributed by atoms with Crippen molar-refractivity contribution in [2.45, 2.75) is 39.7 Å². The SMILES string of the molecule is CC(C)c1ncc(N[C@H](CO)C(C)C)c(C(=O)O)n1. The molecule has 0 fully saturated rings. The lowest BCUT2D eigenvalue weighted by atomic mass is 10.1. The molecule has 1 aromatic rings. The Kier molecular flexibility index (Phi) is 5.23. The minimum Gasteiger partial charge on any atom is -0.476 e. The molecule has 0 aliphatic rings. The Hall–Kier alpha value is -1.69. The molecule has 0 bridgehead atoms. The molecule has 0 spiro atoms. The Morgan fingerprint density at radius 1 is 1.37 bits per heavy atom. The molecule has 0 radical (unpaired) electrons. The first-order chi connectivity index (χ1) is 8.86. The molecule has 1 atom stereocenters. The number of aromatic nitrogens is 2. The largest absolute Gasteiger partial charge is 0.476 e. The quantitative estimate of drug-likeness (QED) is 0.726. The van der Waals surface area contributed by atoms with E-state index in [9.17, 15) is 15.0 Å². The standard InChI is InChI=1S/C13H21N3O3/c1-7(2)10(6-17)15-9-5-14-12(8(3)4)16-11(9)13(18)19/h5,7-8,10,15,17H,6H2,1-4H3,(H,18,19)/t10-/m1/s1. The van der Waals surface area contributed by atoms with Crippen molar-refractivity contribution in [2.24, 2.45) is 5.92 Å². The molecule has 0 saturated carbocycles. The minimum atomic E-state index is -1.10. The van der Waals surface area contributed by atoms with Crippen LogP contribution < -0.4 is 5.32 Å². The third-order valence-electron chi connectivity index (χ3n) is 2.87. The van der Waals surface area contributed by atoms with Gasteiger partial charge in [-0.25, -0.2) is 14.8 Å². The van der Waals surface area contributed by atoms with Crippen LogP contribution in [0.3, 0.4) is 0 Å². The first-order valence-corrected chi connectivity index (χ1v) is 6.34. The number of aliphatic hydroxyl groups is 1. The number of hydrogen-bond donors (Lipinski definition) is 3. The zero-order valence-corrected chi connectivity index (χ0v) is 11.7. The van der Waals surface area contributed by atoms with Crippen LogP contribution in [-0.2, 0) is 0 Å². The summed E-state index contributed by atoms with van der Waals surface area (Å²) in [5.74, 6) is -0.386. The second-order valence-electron chi connectivity index (χ2n) is 5.13. The van der Waals surface area contributed by atoms with Gasteiger partial charge in [0.2, 0.25) is 0 Å². The fraction of sp³-hybridized carbons (Fsp3) is 0.615. The first kappa shape index (κ1) is 15.4. The summed E-state index contributed by atoms with van der Waals surface area (Å²) in [5, 5.41) is 21.5. The fourth-order valence-electron chi connectivity index (χ4n) is 1.57. The molecule has 1 aromatic heterocycles. The Balaban J connectivity index is 3.09. The normalized spacial score (nSPS) is 12.8. The van der Waals surface area contributed by atoms with Crippen LogP contribution in [-0.4, -0.2) is 38.8 Å². The number of aromatic carboxylic acids is 1. The van der Waals surface area contributed by atoms with Gasteiger partial charge >= 0.3 is 5.97 Å². The van der Waals surface area contributed by atoms with Crippen LogP contribution in [0.5, 0.6) is 0 Å². The number of hydrogen-bond acceptors (Lipinski definition) is 5. The van der Waals surface area contributed by atoms with Crippen LogP contribution >= 0.6 is 0 Å². The van der Waals surface area contributed by atoms with Gasteiger partial charge in [0, 0.05) is 5.92 Å². The van der Waals surface area contributed by atoms with E-state index < -0.39 is 5.97 Å². The summed E-state index contributed by atoms with van der Waals surface area (Å²) in [6.07, 6.45) is 1.47. The van der Waals surface area contributed by atoms with Gasteiger partial charge in [0.25, 0.3) is 0 Å². The minimum absolute atomic E-state index is 0.0576. The number of nitrogens with one attached hydrogen (secondary N) is 1. The third-order valence-corrected chi connectivity index (χ3v) is 2.87. The number of anilines is 1. The third kappa shape index (κ3) is 3.89. The smallest absolute Gasteiger partial charge is 0.356 e. The highest BCUT2D eigenvalue weighted by Crippen LogP contribution is 2.18. The van der Waals surface area contributed by atoms with Gasteiger partial charge in [0.05, 0.1) is 24.5 Å². The van der Waals surface area contributed by atoms with Crippen LogP contribution in [0.4, 0.5) is 5.69 Å². The molecule has 0 saturated heterocycles. The first-order valence-electron chi connectivity index (χ1n) is 6.34. The summed E-state index contributed by atoms with van der Waals surface area (Å²) < 4.78 is 0. The maximum atomic E-state index is 11.2. The number of carbonyl (C=O) groups is 1.